The fourth-order valence-electron chi connectivity index (χ4n) is 3.98. The molecule has 1 aliphatic heterocycles. The van der Waals surface area contributed by atoms with Crippen LogP contribution in [-0.4, -0.2) is 52.0 Å². The molecule has 7 nitrogen and oxygen atoms in total. The molecule has 2 aromatic rings. The van der Waals surface area contributed by atoms with Crippen LogP contribution >= 0.6 is 11.6 Å². The molecule has 1 saturated carbocycles. The van der Waals surface area contributed by atoms with Gasteiger partial charge in [-0.1, -0.05) is 29.8 Å². The van der Waals surface area contributed by atoms with Crippen molar-refractivity contribution in [1.29, 1.82) is 0 Å². The Morgan fingerprint density at radius 2 is 2.10 bits per heavy atom. The van der Waals surface area contributed by atoms with E-state index in [9.17, 15) is 9.59 Å². The van der Waals surface area contributed by atoms with Gasteiger partial charge in [0.05, 0.1) is 13.2 Å². The predicted molar refractivity (Wildman–Crippen MR) is 116 cm³/mol. The lowest BCUT2D eigenvalue weighted by molar-refractivity contribution is -0.127. The molecule has 1 amide bonds. The molecule has 0 radical (unpaired) electrons. The summed E-state index contributed by atoms with van der Waals surface area (Å²) in [6.07, 6.45) is 7.17. The van der Waals surface area contributed by atoms with Gasteiger partial charge in [-0.15, -0.1) is 0 Å². The topological polar surface area (TPSA) is 69.4 Å². The second kappa shape index (κ2) is 9.18. The summed E-state index contributed by atoms with van der Waals surface area (Å²) in [6, 6.07) is 7.69. The predicted octanol–water partition coefficient (Wildman–Crippen LogP) is 3.10. The summed E-state index contributed by atoms with van der Waals surface area (Å²) in [5, 5.41) is 5.26. The lowest BCUT2D eigenvalue weighted by atomic mass is 9.97. The minimum atomic E-state index is -0.0633. The molecule has 8 heteroatoms. The van der Waals surface area contributed by atoms with Gasteiger partial charge in [0.2, 0.25) is 5.91 Å². The Bertz CT molecular complexity index is 993. The normalized spacial score (nSPS) is 19.5. The van der Waals surface area contributed by atoms with E-state index in [4.69, 9.17) is 16.3 Å². The third kappa shape index (κ3) is 4.52. The van der Waals surface area contributed by atoms with Gasteiger partial charge in [0.25, 0.3) is 0 Å². The number of rotatable bonds is 7. The molecule has 1 saturated heterocycles. The monoisotopic (exact) mass is 430 g/mol. The third-order valence-electron chi connectivity index (χ3n) is 5.73. The Morgan fingerprint density at radius 3 is 2.83 bits per heavy atom. The first-order chi connectivity index (χ1) is 14.6. The lowest BCUT2D eigenvalue weighted by Crippen LogP contribution is -2.39. The first-order valence-electron chi connectivity index (χ1n) is 10.5. The molecule has 2 fully saturated rings. The average Bonchev–Trinajstić information content (AvgIpc) is 3.54. The molecule has 0 bridgehead atoms. The lowest BCUT2D eigenvalue weighted by Gasteiger charge is -2.31. The van der Waals surface area contributed by atoms with E-state index in [1.165, 1.54) is 4.68 Å². The van der Waals surface area contributed by atoms with Crippen LogP contribution in [0.15, 0.2) is 35.1 Å². The summed E-state index contributed by atoms with van der Waals surface area (Å²) in [5.74, 6) is 0.832. The van der Waals surface area contributed by atoms with Gasteiger partial charge in [-0.05, 0) is 43.4 Å². The number of nitrogens with zero attached hydrogens (tertiary/aromatic N) is 4. The number of amides is 1. The molecular formula is C22H27ClN4O3. The highest BCUT2D eigenvalue weighted by Crippen LogP contribution is 2.37. The van der Waals surface area contributed by atoms with Crippen molar-refractivity contribution in [3.63, 3.8) is 0 Å². The summed E-state index contributed by atoms with van der Waals surface area (Å²) in [6.45, 7) is 2.17. The molecule has 0 N–H and O–H groups in total. The number of benzene rings is 1. The van der Waals surface area contributed by atoms with Crippen LogP contribution in [0.25, 0.3) is 6.08 Å². The number of hydrogen-bond acceptors (Lipinski definition) is 4. The molecule has 1 aromatic carbocycles. The van der Waals surface area contributed by atoms with E-state index in [2.05, 4.69) is 5.10 Å². The van der Waals surface area contributed by atoms with Crippen LogP contribution in [0.3, 0.4) is 0 Å². The zero-order valence-corrected chi connectivity index (χ0v) is 17.9. The number of aromatic nitrogens is 3. The van der Waals surface area contributed by atoms with E-state index < -0.39 is 0 Å². The van der Waals surface area contributed by atoms with Gasteiger partial charge < -0.3 is 9.64 Å². The highest BCUT2D eigenvalue weighted by molar-refractivity contribution is 6.32. The van der Waals surface area contributed by atoms with Crippen molar-refractivity contribution in [3.05, 3.63) is 57.2 Å². The van der Waals surface area contributed by atoms with Gasteiger partial charge in [0, 0.05) is 43.3 Å². The maximum Gasteiger partial charge on any atom is 0.346 e. The summed E-state index contributed by atoms with van der Waals surface area (Å²) in [7, 11) is 1.62. The van der Waals surface area contributed by atoms with Crippen molar-refractivity contribution in [2.24, 2.45) is 0 Å². The number of halogens is 1. The largest absolute Gasteiger partial charge is 0.383 e. The van der Waals surface area contributed by atoms with Gasteiger partial charge in [0.15, 0.2) is 0 Å². The molecule has 2 heterocycles. The molecule has 2 aliphatic rings. The summed E-state index contributed by atoms with van der Waals surface area (Å²) in [4.78, 5) is 27.5. The first kappa shape index (κ1) is 20.9. The minimum absolute atomic E-state index is 0.0428. The molecule has 160 valence electrons. The Morgan fingerprint density at radius 1 is 1.30 bits per heavy atom. The zero-order chi connectivity index (χ0) is 21.1. The number of carbonyl (C=O) groups is 1. The second-order valence-corrected chi connectivity index (χ2v) is 8.34. The van der Waals surface area contributed by atoms with Crippen molar-refractivity contribution in [2.75, 3.05) is 26.8 Å². The molecule has 0 spiro atoms. The van der Waals surface area contributed by atoms with Crippen molar-refractivity contribution >= 4 is 23.6 Å². The zero-order valence-electron chi connectivity index (χ0n) is 17.2. The van der Waals surface area contributed by atoms with E-state index in [-0.39, 0.29) is 23.6 Å². The Kier molecular flexibility index (Phi) is 6.39. The average molecular weight is 431 g/mol. The number of likely N-dealkylation sites (tertiary alicyclic amines) is 1. The maximum absolute atomic E-state index is 12.8. The first-order valence-corrected chi connectivity index (χ1v) is 10.9. The molecule has 1 aromatic heterocycles. The third-order valence-corrected chi connectivity index (χ3v) is 6.07. The molecule has 30 heavy (non-hydrogen) atoms. The number of hydrogen-bond donors (Lipinski definition) is 0. The molecule has 1 aliphatic carbocycles. The highest BCUT2D eigenvalue weighted by Gasteiger charge is 2.34. The fraction of sp³-hybridized carbons (Fsp3) is 0.500. The van der Waals surface area contributed by atoms with Crippen LogP contribution < -0.4 is 5.69 Å². The van der Waals surface area contributed by atoms with Gasteiger partial charge >= 0.3 is 5.69 Å². The maximum atomic E-state index is 12.8. The van der Waals surface area contributed by atoms with E-state index >= 15 is 0 Å². The van der Waals surface area contributed by atoms with Crippen molar-refractivity contribution in [2.45, 2.75) is 44.2 Å². The summed E-state index contributed by atoms with van der Waals surface area (Å²) >= 11 is 6.17. The van der Waals surface area contributed by atoms with Gasteiger partial charge in [0.1, 0.15) is 5.82 Å². The van der Waals surface area contributed by atoms with Crippen molar-refractivity contribution in [1.82, 2.24) is 19.2 Å². The standard InChI is InChI=1S/C22H27ClN4O3/c1-30-14-13-26-22(29)27(18-9-10-18)21(24-26)17-6-4-12-25(15-17)20(28)11-8-16-5-2-3-7-19(16)23/h2-3,5,7-8,11,17-18H,4,6,9-10,12-15H2,1H3/b11-8+. The Balaban J connectivity index is 1.51. The van der Waals surface area contributed by atoms with Crippen LogP contribution in [0.4, 0.5) is 0 Å². The van der Waals surface area contributed by atoms with E-state index in [0.717, 1.165) is 37.1 Å². The molecule has 4 rings (SSSR count). The second-order valence-electron chi connectivity index (χ2n) is 7.94. The minimum Gasteiger partial charge on any atom is -0.383 e. The van der Waals surface area contributed by atoms with Crippen molar-refractivity contribution in [3.8, 4) is 0 Å². The van der Waals surface area contributed by atoms with E-state index in [0.29, 0.717) is 31.3 Å². The Labute approximate surface area is 180 Å². The SMILES string of the molecule is COCCn1nc(C2CCCN(C(=O)/C=C/c3ccccc3Cl)C2)n(C2CC2)c1=O. The number of piperidine rings is 1. The van der Waals surface area contributed by atoms with E-state index in [1.807, 2.05) is 27.7 Å². The van der Waals surface area contributed by atoms with Crippen LogP contribution in [-0.2, 0) is 16.1 Å². The summed E-state index contributed by atoms with van der Waals surface area (Å²) < 4.78 is 8.48. The van der Waals surface area contributed by atoms with Crippen LogP contribution in [0, 0.1) is 0 Å². The number of carbonyl (C=O) groups excluding carboxylic acids is 1. The van der Waals surface area contributed by atoms with Crippen molar-refractivity contribution < 1.29 is 9.53 Å². The van der Waals surface area contributed by atoms with Gasteiger partial charge in [-0.2, -0.15) is 5.10 Å². The number of ether oxygens (including phenoxy) is 1. The fourth-order valence-corrected chi connectivity index (χ4v) is 4.18. The summed E-state index contributed by atoms with van der Waals surface area (Å²) in [5.41, 5.74) is 0.757. The van der Waals surface area contributed by atoms with Crippen LogP contribution in [0.2, 0.25) is 5.02 Å². The number of methoxy groups -OCH3 is 1. The molecule has 1 atom stereocenters. The Hall–Kier alpha value is -2.38. The van der Waals surface area contributed by atoms with Gasteiger partial charge in [-0.3, -0.25) is 9.36 Å². The molecular weight excluding hydrogens is 404 g/mol. The van der Waals surface area contributed by atoms with Crippen LogP contribution in [0.5, 0.6) is 0 Å². The molecule has 1 unspecified atom stereocenters. The van der Waals surface area contributed by atoms with Gasteiger partial charge in [-0.25, -0.2) is 9.48 Å². The van der Waals surface area contributed by atoms with Crippen LogP contribution in [0.1, 0.15) is 49.0 Å². The van der Waals surface area contributed by atoms with E-state index in [1.54, 1.807) is 25.3 Å². The highest BCUT2D eigenvalue weighted by atomic mass is 35.5. The quantitative estimate of drug-likeness (QED) is 0.633. The smallest absolute Gasteiger partial charge is 0.346 e.